The van der Waals surface area contributed by atoms with Gasteiger partial charge >= 0.3 is 0 Å². The van der Waals surface area contributed by atoms with E-state index >= 15 is 0 Å². The van der Waals surface area contributed by atoms with E-state index in [0.717, 1.165) is 25.1 Å². The van der Waals surface area contributed by atoms with Crippen molar-refractivity contribution in [2.45, 2.75) is 44.4 Å². The lowest BCUT2D eigenvalue weighted by Crippen LogP contribution is -2.38. The summed E-state index contributed by atoms with van der Waals surface area (Å²) in [5.74, 6) is 0.563. The van der Waals surface area contributed by atoms with Crippen molar-refractivity contribution in [3.63, 3.8) is 0 Å². The van der Waals surface area contributed by atoms with Gasteiger partial charge in [0.15, 0.2) is 0 Å². The zero-order chi connectivity index (χ0) is 14.2. The van der Waals surface area contributed by atoms with Crippen LogP contribution in [0.15, 0.2) is 0 Å². The number of carbonyl (C=O) groups excluding carboxylic acids is 1. The molecule has 0 aliphatic heterocycles. The number of aromatic nitrogens is 2. The first-order chi connectivity index (χ1) is 8.79. The maximum absolute atomic E-state index is 12.5. The highest BCUT2D eigenvalue weighted by atomic mass is 35.5. The predicted octanol–water partition coefficient (Wildman–Crippen LogP) is 2.93. The van der Waals surface area contributed by atoms with E-state index in [4.69, 9.17) is 11.6 Å². The number of nitrogens with zero attached hydrogens (tertiary/aromatic N) is 3. The first-order valence-corrected chi connectivity index (χ1v) is 7.72. The minimum atomic E-state index is -0.156. The van der Waals surface area contributed by atoms with Crippen LogP contribution < -0.4 is 0 Å². The fourth-order valence-electron chi connectivity index (χ4n) is 2.27. The fourth-order valence-corrected chi connectivity index (χ4v) is 3.64. The molecular weight excluding hydrogens is 282 g/mol. The van der Waals surface area contributed by atoms with Crippen LogP contribution >= 0.6 is 23.1 Å². The van der Waals surface area contributed by atoms with Gasteiger partial charge in [-0.1, -0.05) is 25.3 Å². The third-order valence-corrected chi connectivity index (χ3v) is 4.52. The minimum Gasteiger partial charge on any atom is -0.341 e. The average Bonchev–Trinajstić information content (AvgIpc) is 2.74. The molecule has 1 aliphatic rings. The zero-order valence-corrected chi connectivity index (χ0v) is 13.4. The van der Waals surface area contributed by atoms with Gasteiger partial charge in [0.05, 0.1) is 5.69 Å². The van der Waals surface area contributed by atoms with Crippen molar-refractivity contribution in [3.05, 3.63) is 10.6 Å². The van der Waals surface area contributed by atoms with E-state index in [2.05, 4.69) is 9.59 Å². The normalized spacial score (nSPS) is 23.0. The Morgan fingerprint density at radius 1 is 1.47 bits per heavy atom. The third kappa shape index (κ3) is 3.26. The fraction of sp³-hybridized carbons (Fsp3) is 0.769. The van der Waals surface area contributed by atoms with Crippen molar-refractivity contribution in [2.75, 3.05) is 13.6 Å². The second-order valence-electron chi connectivity index (χ2n) is 6.32. The topological polar surface area (TPSA) is 46.1 Å². The smallest absolute Gasteiger partial charge is 0.267 e. The first kappa shape index (κ1) is 14.7. The summed E-state index contributed by atoms with van der Waals surface area (Å²) in [6.45, 7) is 6.91. The van der Waals surface area contributed by atoms with Crippen molar-refractivity contribution >= 4 is 29.0 Å². The van der Waals surface area contributed by atoms with Gasteiger partial charge < -0.3 is 4.90 Å². The van der Waals surface area contributed by atoms with Crippen LogP contribution in [0.5, 0.6) is 0 Å². The van der Waals surface area contributed by atoms with Crippen LogP contribution in [-0.4, -0.2) is 39.4 Å². The third-order valence-electron chi connectivity index (χ3n) is 3.45. The molecule has 1 saturated carbocycles. The molecule has 1 amide bonds. The molecule has 0 bridgehead atoms. The minimum absolute atomic E-state index is 0.0259. The second-order valence-corrected chi connectivity index (χ2v) is 7.69. The first-order valence-electron chi connectivity index (χ1n) is 6.51. The van der Waals surface area contributed by atoms with Crippen LogP contribution in [-0.2, 0) is 5.41 Å². The van der Waals surface area contributed by atoms with Gasteiger partial charge in [-0.25, -0.2) is 0 Å². The van der Waals surface area contributed by atoms with Crippen molar-refractivity contribution in [3.8, 4) is 0 Å². The Morgan fingerprint density at radius 2 is 2.11 bits per heavy atom. The molecule has 0 saturated heterocycles. The Bertz CT molecular complexity index is 463. The van der Waals surface area contributed by atoms with Crippen LogP contribution in [0, 0.1) is 5.92 Å². The number of hydrogen-bond donors (Lipinski definition) is 0. The Hall–Kier alpha value is -0.680. The molecule has 1 aromatic heterocycles. The summed E-state index contributed by atoms with van der Waals surface area (Å²) >= 11 is 7.16. The van der Waals surface area contributed by atoms with E-state index in [-0.39, 0.29) is 11.3 Å². The molecule has 0 spiro atoms. The number of hydrogen-bond acceptors (Lipinski definition) is 4. The van der Waals surface area contributed by atoms with Crippen molar-refractivity contribution in [2.24, 2.45) is 5.92 Å². The largest absolute Gasteiger partial charge is 0.341 e. The Balaban J connectivity index is 2.05. The number of alkyl halides is 1. The highest BCUT2D eigenvalue weighted by Crippen LogP contribution is 2.33. The van der Waals surface area contributed by atoms with E-state index in [0.29, 0.717) is 16.2 Å². The Morgan fingerprint density at radius 3 is 2.63 bits per heavy atom. The average molecular weight is 302 g/mol. The van der Waals surface area contributed by atoms with E-state index in [1.807, 2.05) is 27.8 Å². The van der Waals surface area contributed by atoms with Gasteiger partial charge in [-0.05, 0) is 30.3 Å². The molecule has 0 radical (unpaired) electrons. The lowest BCUT2D eigenvalue weighted by Gasteiger charge is -2.34. The molecule has 1 fully saturated rings. The van der Waals surface area contributed by atoms with Crippen LogP contribution in [0.25, 0.3) is 0 Å². The Kier molecular flexibility index (Phi) is 4.16. The summed E-state index contributed by atoms with van der Waals surface area (Å²) in [5.41, 5.74) is 0.634. The van der Waals surface area contributed by atoms with Crippen LogP contribution in [0.1, 0.15) is 49.0 Å². The molecule has 1 aliphatic carbocycles. The molecule has 106 valence electrons. The van der Waals surface area contributed by atoms with Gasteiger partial charge in [-0.2, -0.15) is 0 Å². The van der Waals surface area contributed by atoms with E-state index in [1.165, 1.54) is 11.5 Å². The maximum Gasteiger partial charge on any atom is 0.267 e. The monoisotopic (exact) mass is 301 g/mol. The SMILES string of the molecule is CN(CC1CC(Cl)C1)C(=O)c1snnc1C(C)(C)C. The Labute approximate surface area is 123 Å². The van der Waals surface area contributed by atoms with Gasteiger partial charge in [0, 0.05) is 24.4 Å². The summed E-state index contributed by atoms with van der Waals surface area (Å²) in [6.07, 6.45) is 2.01. The van der Waals surface area contributed by atoms with Gasteiger partial charge in [0.1, 0.15) is 4.88 Å². The van der Waals surface area contributed by atoms with E-state index in [1.54, 1.807) is 4.90 Å². The zero-order valence-electron chi connectivity index (χ0n) is 11.8. The molecule has 19 heavy (non-hydrogen) atoms. The molecule has 1 heterocycles. The van der Waals surface area contributed by atoms with Gasteiger partial charge in [-0.15, -0.1) is 16.7 Å². The summed E-state index contributed by atoms with van der Waals surface area (Å²) < 4.78 is 3.94. The van der Waals surface area contributed by atoms with Crippen molar-refractivity contribution < 1.29 is 4.79 Å². The molecule has 0 unspecified atom stereocenters. The van der Waals surface area contributed by atoms with Crippen LogP contribution in [0.3, 0.4) is 0 Å². The molecular formula is C13H20ClN3OS. The maximum atomic E-state index is 12.5. The summed E-state index contributed by atoms with van der Waals surface area (Å²) in [7, 11) is 1.84. The number of amides is 1. The second kappa shape index (κ2) is 5.37. The molecule has 2 rings (SSSR count). The number of carbonyl (C=O) groups is 1. The summed E-state index contributed by atoms with van der Waals surface area (Å²) in [5, 5.41) is 4.41. The number of rotatable bonds is 3. The molecule has 0 N–H and O–H groups in total. The molecule has 0 aromatic carbocycles. The van der Waals surface area contributed by atoms with E-state index in [9.17, 15) is 4.79 Å². The predicted molar refractivity (Wildman–Crippen MR) is 77.9 cm³/mol. The lowest BCUT2D eigenvalue weighted by molar-refractivity contribution is 0.0749. The molecule has 6 heteroatoms. The molecule has 1 aromatic rings. The van der Waals surface area contributed by atoms with Crippen molar-refractivity contribution in [1.29, 1.82) is 0 Å². The summed E-state index contributed by atoms with van der Waals surface area (Å²) in [6, 6.07) is 0. The highest BCUT2D eigenvalue weighted by Gasteiger charge is 2.32. The lowest BCUT2D eigenvalue weighted by atomic mass is 9.84. The quantitative estimate of drug-likeness (QED) is 0.806. The standard InChI is InChI=1S/C13H20ClN3OS/c1-13(2,3)11-10(19-16-15-11)12(18)17(4)7-8-5-9(14)6-8/h8-9H,5-7H2,1-4H3. The highest BCUT2D eigenvalue weighted by molar-refractivity contribution is 7.08. The van der Waals surface area contributed by atoms with Crippen LogP contribution in [0.2, 0.25) is 0 Å². The van der Waals surface area contributed by atoms with Crippen molar-refractivity contribution in [1.82, 2.24) is 14.5 Å². The molecule has 4 nitrogen and oxygen atoms in total. The van der Waals surface area contributed by atoms with Crippen LogP contribution in [0.4, 0.5) is 0 Å². The molecule has 0 atom stereocenters. The number of halogens is 1. The summed E-state index contributed by atoms with van der Waals surface area (Å²) in [4.78, 5) is 14.9. The van der Waals surface area contributed by atoms with Gasteiger partial charge in [-0.3, -0.25) is 4.79 Å². The van der Waals surface area contributed by atoms with Gasteiger partial charge in [0.2, 0.25) is 0 Å². The van der Waals surface area contributed by atoms with Gasteiger partial charge in [0.25, 0.3) is 5.91 Å². The van der Waals surface area contributed by atoms with E-state index < -0.39 is 0 Å².